The molecule has 1 aliphatic carbocycles. The average Bonchev–Trinajstić information content (AvgIpc) is 2.61. The minimum Gasteiger partial charge on any atom is -0.388 e. The van der Waals surface area contributed by atoms with Gasteiger partial charge in [0.2, 0.25) is 0 Å². The van der Waals surface area contributed by atoms with Crippen LogP contribution in [-0.4, -0.2) is 27.2 Å². The summed E-state index contributed by atoms with van der Waals surface area (Å²) in [5.74, 6) is 1.22. The van der Waals surface area contributed by atoms with Gasteiger partial charge in [-0.3, -0.25) is 4.79 Å². The third-order valence-electron chi connectivity index (χ3n) is 3.76. The van der Waals surface area contributed by atoms with Crippen LogP contribution in [0.1, 0.15) is 51.3 Å². The summed E-state index contributed by atoms with van der Waals surface area (Å²) >= 11 is 0. The van der Waals surface area contributed by atoms with Crippen molar-refractivity contribution in [1.29, 1.82) is 0 Å². The number of anilines is 1. The van der Waals surface area contributed by atoms with E-state index in [2.05, 4.69) is 15.3 Å². The number of aliphatic hydroxyl groups is 1. The molecule has 19 heavy (non-hydrogen) atoms. The summed E-state index contributed by atoms with van der Waals surface area (Å²) < 4.78 is 0. The van der Waals surface area contributed by atoms with Crippen LogP contribution in [0.5, 0.6) is 0 Å². The number of aromatic nitrogens is 2. The minimum atomic E-state index is -0.660. The van der Waals surface area contributed by atoms with E-state index in [1.807, 2.05) is 6.92 Å². The van der Waals surface area contributed by atoms with Crippen LogP contribution in [0.3, 0.4) is 0 Å². The quantitative estimate of drug-likeness (QED) is 0.726. The molecule has 1 fully saturated rings. The molecule has 0 aromatic carbocycles. The van der Waals surface area contributed by atoms with E-state index in [1.165, 1.54) is 18.9 Å². The van der Waals surface area contributed by atoms with Crippen molar-refractivity contribution in [3.63, 3.8) is 0 Å². The molecule has 2 rings (SSSR count). The van der Waals surface area contributed by atoms with Crippen LogP contribution < -0.4 is 10.9 Å². The van der Waals surface area contributed by atoms with Gasteiger partial charge < -0.3 is 15.4 Å². The number of hydrogen-bond donors (Lipinski definition) is 3. The molecule has 1 heterocycles. The lowest BCUT2D eigenvalue weighted by Gasteiger charge is -2.27. The highest BCUT2D eigenvalue weighted by molar-refractivity contribution is 5.33. The highest BCUT2D eigenvalue weighted by Gasteiger charge is 2.27. The molecule has 5 heteroatoms. The van der Waals surface area contributed by atoms with E-state index < -0.39 is 5.60 Å². The average molecular weight is 265 g/mol. The second-order valence-corrected chi connectivity index (χ2v) is 5.42. The van der Waals surface area contributed by atoms with Crippen molar-refractivity contribution in [2.24, 2.45) is 0 Å². The van der Waals surface area contributed by atoms with Crippen molar-refractivity contribution in [3.05, 3.63) is 22.2 Å². The van der Waals surface area contributed by atoms with Crippen LogP contribution in [0.4, 0.5) is 5.82 Å². The van der Waals surface area contributed by atoms with Crippen molar-refractivity contribution in [3.8, 4) is 0 Å². The van der Waals surface area contributed by atoms with Gasteiger partial charge in [-0.15, -0.1) is 0 Å². The van der Waals surface area contributed by atoms with Crippen molar-refractivity contribution < 1.29 is 5.11 Å². The molecule has 0 radical (unpaired) electrons. The maximum atomic E-state index is 11.5. The Hall–Kier alpha value is -1.36. The number of nitrogens with zero attached hydrogens (tertiary/aromatic N) is 1. The van der Waals surface area contributed by atoms with E-state index >= 15 is 0 Å². The zero-order chi connectivity index (χ0) is 13.7. The molecule has 0 saturated heterocycles. The summed E-state index contributed by atoms with van der Waals surface area (Å²) in [6.07, 6.45) is 6.88. The minimum absolute atomic E-state index is 0.151. The second kappa shape index (κ2) is 6.19. The Morgan fingerprint density at radius 1 is 1.37 bits per heavy atom. The SMILES string of the molecule is CCc1nc(NCC2(O)CCCCCC2)cc(=O)[nH]1. The van der Waals surface area contributed by atoms with Crippen molar-refractivity contribution in [2.75, 3.05) is 11.9 Å². The van der Waals surface area contributed by atoms with Crippen LogP contribution in [0.2, 0.25) is 0 Å². The maximum absolute atomic E-state index is 11.5. The van der Waals surface area contributed by atoms with Gasteiger partial charge in [-0.2, -0.15) is 0 Å². The standard InChI is InChI=1S/C14H23N3O2/c1-2-11-16-12(9-13(18)17-11)15-10-14(19)7-5-3-4-6-8-14/h9,19H,2-8,10H2,1H3,(H2,15,16,17,18). The fourth-order valence-electron chi connectivity index (χ4n) is 2.58. The zero-order valence-corrected chi connectivity index (χ0v) is 11.5. The van der Waals surface area contributed by atoms with Gasteiger partial charge in [-0.1, -0.05) is 32.6 Å². The van der Waals surface area contributed by atoms with Gasteiger partial charge >= 0.3 is 0 Å². The van der Waals surface area contributed by atoms with Crippen LogP contribution >= 0.6 is 0 Å². The molecule has 3 N–H and O–H groups in total. The molecule has 106 valence electrons. The topological polar surface area (TPSA) is 78.0 Å². The first-order chi connectivity index (χ1) is 9.11. The Labute approximate surface area is 113 Å². The fourth-order valence-corrected chi connectivity index (χ4v) is 2.58. The van der Waals surface area contributed by atoms with Crippen LogP contribution in [0.15, 0.2) is 10.9 Å². The molecule has 0 unspecified atom stereocenters. The highest BCUT2D eigenvalue weighted by atomic mass is 16.3. The van der Waals surface area contributed by atoms with Crippen LogP contribution in [-0.2, 0) is 6.42 Å². The molecule has 0 atom stereocenters. The maximum Gasteiger partial charge on any atom is 0.252 e. The molecular formula is C14H23N3O2. The van der Waals surface area contributed by atoms with Gasteiger partial charge in [0, 0.05) is 19.0 Å². The number of H-pyrrole nitrogens is 1. The number of aryl methyl sites for hydroxylation is 1. The van der Waals surface area contributed by atoms with Gasteiger partial charge in [-0.05, 0) is 12.8 Å². The molecule has 0 amide bonds. The first-order valence-corrected chi connectivity index (χ1v) is 7.18. The number of hydrogen-bond acceptors (Lipinski definition) is 4. The van der Waals surface area contributed by atoms with E-state index in [-0.39, 0.29) is 5.56 Å². The Balaban J connectivity index is 2.01. The monoisotopic (exact) mass is 265 g/mol. The molecule has 1 aromatic rings. The summed E-state index contributed by atoms with van der Waals surface area (Å²) in [5.41, 5.74) is -0.810. The van der Waals surface area contributed by atoms with Crippen molar-refractivity contribution in [1.82, 2.24) is 9.97 Å². The lowest BCUT2D eigenvalue weighted by Crippen LogP contribution is -2.36. The van der Waals surface area contributed by atoms with Gasteiger partial charge in [0.15, 0.2) is 0 Å². The summed E-state index contributed by atoms with van der Waals surface area (Å²) in [7, 11) is 0. The van der Waals surface area contributed by atoms with Crippen LogP contribution in [0.25, 0.3) is 0 Å². The number of nitrogens with one attached hydrogen (secondary N) is 2. The van der Waals surface area contributed by atoms with E-state index in [4.69, 9.17) is 0 Å². The summed E-state index contributed by atoms with van der Waals surface area (Å²) in [6, 6.07) is 1.44. The summed E-state index contributed by atoms with van der Waals surface area (Å²) in [4.78, 5) is 18.5. The number of aromatic amines is 1. The van der Waals surface area contributed by atoms with Crippen LogP contribution in [0, 0.1) is 0 Å². The molecular weight excluding hydrogens is 242 g/mol. The first kappa shape index (κ1) is 14.1. The lowest BCUT2D eigenvalue weighted by atomic mass is 9.94. The van der Waals surface area contributed by atoms with E-state index in [9.17, 15) is 9.90 Å². The smallest absolute Gasteiger partial charge is 0.252 e. The Bertz CT molecular complexity index is 462. The van der Waals surface area contributed by atoms with Gasteiger partial charge in [0.05, 0.1) is 5.60 Å². The summed E-state index contributed by atoms with van der Waals surface area (Å²) in [6.45, 7) is 2.41. The molecule has 5 nitrogen and oxygen atoms in total. The Morgan fingerprint density at radius 3 is 2.68 bits per heavy atom. The van der Waals surface area contributed by atoms with Gasteiger partial charge in [-0.25, -0.2) is 4.98 Å². The third kappa shape index (κ3) is 4.06. The van der Waals surface area contributed by atoms with E-state index in [0.717, 1.165) is 25.7 Å². The molecule has 0 spiro atoms. The Morgan fingerprint density at radius 2 is 2.05 bits per heavy atom. The molecule has 1 saturated carbocycles. The first-order valence-electron chi connectivity index (χ1n) is 7.18. The predicted molar refractivity (Wildman–Crippen MR) is 75.4 cm³/mol. The highest BCUT2D eigenvalue weighted by Crippen LogP contribution is 2.27. The molecule has 1 aromatic heterocycles. The van der Waals surface area contributed by atoms with E-state index in [1.54, 1.807) is 0 Å². The normalized spacial score (nSPS) is 18.8. The second-order valence-electron chi connectivity index (χ2n) is 5.42. The largest absolute Gasteiger partial charge is 0.388 e. The van der Waals surface area contributed by atoms with Gasteiger partial charge in [0.25, 0.3) is 5.56 Å². The van der Waals surface area contributed by atoms with E-state index in [0.29, 0.717) is 24.6 Å². The number of rotatable bonds is 4. The third-order valence-corrected chi connectivity index (χ3v) is 3.76. The van der Waals surface area contributed by atoms with Crippen molar-refractivity contribution >= 4 is 5.82 Å². The fraction of sp³-hybridized carbons (Fsp3) is 0.714. The van der Waals surface area contributed by atoms with Gasteiger partial charge in [0.1, 0.15) is 11.6 Å². The zero-order valence-electron chi connectivity index (χ0n) is 11.5. The molecule has 0 aliphatic heterocycles. The summed E-state index contributed by atoms with van der Waals surface area (Å²) in [5, 5.41) is 13.6. The molecule has 1 aliphatic rings. The van der Waals surface area contributed by atoms with Crippen molar-refractivity contribution in [2.45, 2.75) is 57.5 Å². The predicted octanol–water partition coefficient (Wildman–Crippen LogP) is 1.83. The Kier molecular flexibility index (Phi) is 4.58. The molecule has 0 bridgehead atoms. The lowest BCUT2D eigenvalue weighted by molar-refractivity contribution is 0.0380.